The number of pyridine rings is 1. The third-order valence-corrected chi connectivity index (χ3v) is 5.38. The van der Waals surface area contributed by atoms with E-state index < -0.39 is 12.1 Å². The second-order valence-electron chi connectivity index (χ2n) is 6.71. The van der Waals surface area contributed by atoms with Gasteiger partial charge in [0.1, 0.15) is 5.82 Å². The monoisotopic (exact) mass is 457 g/mol. The molecule has 2 aromatic carbocycles. The van der Waals surface area contributed by atoms with Gasteiger partial charge in [0.15, 0.2) is 5.01 Å². The lowest BCUT2D eigenvalue weighted by Crippen LogP contribution is -2.48. The smallest absolute Gasteiger partial charge is 0.433 e. The van der Waals surface area contributed by atoms with Crippen LogP contribution in [0.4, 0.5) is 21.1 Å². The number of fused-ring (bicyclic) bond motifs is 1. The minimum atomic E-state index is -0.727. The molecule has 0 saturated heterocycles. The Balaban J connectivity index is 1.57. The van der Waals surface area contributed by atoms with E-state index in [1.165, 1.54) is 11.3 Å². The molecule has 0 atom stereocenters. The molecule has 164 valence electrons. The number of aromatic nitrogens is 2. The van der Waals surface area contributed by atoms with Crippen LogP contribution < -0.4 is 15.8 Å². The van der Waals surface area contributed by atoms with Gasteiger partial charge in [-0.25, -0.2) is 20.0 Å². The van der Waals surface area contributed by atoms with Crippen LogP contribution in [0.5, 0.6) is 0 Å². The fraction of sp³-hybridized carbons (Fsp3) is 0.0833. The zero-order valence-electron chi connectivity index (χ0n) is 17.6. The number of carbonyl (C=O) groups is 2. The average molecular weight is 458 g/mol. The molecule has 4 aromatic rings. The van der Waals surface area contributed by atoms with Crippen molar-refractivity contribution in [3.63, 3.8) is 0 Å². The number of amides is 3. The van der Waals surface area contributed by atoms with Gasteiger partial charge < -0.3 is 4.74 Å². The zero-order chi connectivity index (χ0) is 23.2. The molecule has 4 rings (SSSR count). The SMILES string of the molecule is C#Cc1nc(NC(=O)NN(C(=O)OCC)c2ccc(-c3cccc4cccnc34)cc2)cs1. The van der Waals surface area contributed by atoms with Crippen molar-refractivity contribution < 1.29 is 14.3 Å². The molecule has 2 heterocycles. The van der Waals surface area contributed by atoms with E-state index in [9.17, 15) is 9.59 Å². The topological polar surface area (TPSA) is 96.5 Å². The number of rotatable bonds is 4. The number of thiazole rings is 1. The highest BCUT2D eigenvalue weighted by Crippen LogP contribution is 2.28. The van der Waals surface area contributed by atoms with Gasteiger partial charge in [0.2, 0.25) is 0 Å². The van der Waals surface area contributed by atoms with Crippen molar-refractivity contribution in [2.24, 2.45) is 0 Å². The molecule has 0 saturated carbocycles. The summed E-state index contributed by atoms with van der Waals surface area (Å²) in [7, 11) is 0. The quantitative estimate of drug-likeness (QED) is 0.331. The first-order chi connectivity index (χ1) is 16.1. The molecule has 9 heteroatoms. The fourth-order valence-corrected chi connectivity index (χ4v) is 3.73. The number of terminal acetylenes is 1. The van der Waals surface area contributed by atoms with Crippen LogP contribution in [0.2, 0.25) is 0 Å². The van der Waals surface area contributed by atoms with Crippen LogP contribution in [0.1, 0.15) is 11.9 Å². The van der Waals surface area contributed by atoms with Crippen molar-refractivity contribution in [3.05, 3.63) is 71.2 Å². The Labute approximate surface area is 194 Å². The molecule has 0 aliphatic rings. The lowest BCUT2D eigenvalue weighted by atomic mass is 10.0. The van der Waals surface area contributed by atoms with Crippen molar-refractivity contribution in [2.45, 2.75) is 6.92 Å². The molecule has 0 aliphatic heterocycles. The van der Waals surface area contributed by atoms with E-state index in [0.717, 1.165) is 27.0 Å². The largest absolute Gasteiger partial charge is 0.448 e. The van der Waals surface area contributed by atoms with Crippen molar-refractivity contribution in [1.29, 1.82) is 0 Å². The van der Waals surface area contributed by atoms with Gasteiger partial charge in [0, 0.05) is 22.5 Å². The van der Waals surface area contributed by atoms with Crippen molar-refractivity contribution in [3.8, 4) is 23.5 Å². The molecule has 0 fully saturated rings. The van der Waals surface area contributed by atoms with Gasteiger partial charge in [-0.15, -0.1) is 17.8 Å². The molecule has 0 radical (unpaired) electrons. The van der Waals surface area contributed by atoms with Crippen molar-refractivity contribution in [1.82, 2.24) is 15.4 Å². The zero-order valence-corrected chi connectivity index (χ0v) is 18.4. The third-order valence-electron chi connectivity index (χ3n) is 4.60. The first kappa shape index (κ1) is 21.8. The molecule has 0 spiro atoms. The third kappa shape index (κ3) is 4.92. The maximum absolute atomic E-state index is 12.5. The van der Waals surface area contributed by atoms with Gasteiger partial charge in [0.05, 0.1) is 17.8 Å². The Kier molecular flexibility index (Phi) is 6.48. The van der Waals surface area contributed by atoms with Gasteiger partial charge >= 0.3 is 12.1 Å². The minimum Gasteiger partial charge on any atom is -0.448 e. The van der Waals surface area contributed by atoms with Gasteiger partial charge in [-0.05, 0) is 36.6 Å². The van der Waals surface area contributed by atoms with E-state index in [0.29, 0.717) is 10.7 Å². The number of nitrogens with zero attached hydrogens (tertiary/aromatic N) is 3. The van der Waals surface area contributed by atoms with Gasteiger partial charge in [-0.1, -0.05) is 36.4 Å². The maximum atomic E-state index is 12.5. The summed E-state index contributed by atoms with van der Waals surface area (Å²) in [5, 5.41) is 6.65. The van der Waals surface area contributed by atoms with E-state index in [1.807, 2.05) is 42.5 Å². The number of anilines is 2. The minimum absolute atomic E-state index is 0.149. The van der Waals surface area contributed by atoms with E-state index in [4.69, 9.17) is 11.2 Å². The summed E-state index contributed by atoms with van der Waals surface area (Å²) in [5.74, 6) is 2.68. The predicted molar refractivity (Wildman–Crippen MR) is 129 cm³/mol. The second kappa shape index (κ2) is 9.80. The first-order valence-corrected chi connectivity index (χ1v) is 10.9. The summed E-state index contributed by atoms with van der Waals surface area (Å²) >= 11 is 1.22. The molecular formula is C24H19N5O3S. The van der Waals surface area contributed by atoms with Crippen molar-refractivity contribution >= 4 is 45.9 Å². The summed E-state index contributed by atoms with van der Waals surface area (Å²) in [6.07, 6.45) is 6.33. The summed E-state index contributed by atoms with van der Waals surface area (Å²) in [6, 6.07) is 16.3. The van der Waals surface area contributed by atoms with Crippen LogP contribution in [-0.4, -0.2) is 28.7 Å². The Morgan fingerprint density at radius 1 is 1.15 bits per heavy atom. The number of hydrogen-bond donors (Lipinski definition) is 2. The number of nitrogens with one attached hydrogen (secondary N) is 2. The van der Waals surface area contributed by atoms with E-state index in [1.54, 1.807) is 30.6 Å². The highest BCUT2D eigenvalue weighted by molar-refractivity contribution is 7.10. The maximum Gasteiger partial charge on any atom is 0.433 e. The molecule has 8 nitrogen and oxygen atoms in total. The standard InChI is InChI=1S/C24H19N5O3S/c1-3-21-26-20(15-33-21)27-23(30)28-29(24(31)32-4-2)18-12-10-16(11-13-18)19-9-5-7-17-8-6-14-25-22(17)19/h1,5-15H,4H2,2H3,(H2,27,28,30). The first-order valence-electron chi connectivity index (χ1n) is 10.00. The lowest BCUT2D eigenvalue weighted by molar-refractivity contribution is 0.156. The molecule has 0 aliphatic carbocycles. The van der Waals surface area contributed by atoms with E-state index in [2.05, 4.69) is 26.6 Å². The Morgan fingerprint density at radius 3 is 2.67 bits per heavy atom. The van der Waals surface area contributed by atoms with Crippen molar-refractivity contribution in [2.75, 3.05) is 16.9 Å². The average Bonchev–Trinajstić information content (AvgIpc) is 3.30. The molecule has 3 amide bonds. The summed E-state index contributed by atoms with van der Waals surface area (Å²) < 4.78 is 5.10. The normalized spacial score (nSPS) is 10.3. The molecule has 0 unspecified atom stereocenters. The van der Waals surface area contributed by atoms with Gasteiger partial charge in [-0.2, -0.15) is 5.01 Å². The number of carbonyl (C=O) groups excluding carboxylic acids is 2. The summed E-state index contributed by atoms with van der Waals surface area (Å²) in [5.41, 5.74) is 5.66. The number of para-hydroxylation sites is 1. The summed E-state index contributed by atoms with van der Waals surface area (Å²) in [4.78, 5) is 33.6. The van der Waals surface area contributed by atoms with Crippen LogP contribution in [-0.2, 0) is 4.74 Å². The van der Waals surface area contributed by atoms with Gasteiger partial charge in [-0.3, -0.25) is 10.3 Å². The molecule has 2 N–H and O–H groups in total. The van der Waals surface area contributed by atoms with Crippen LogP contribution in [0.25, 0.3) is 22.0 Å². The number of ether oxygens (including phenoxy) is 1. The van der Waals surface area contributed by atoms with Crippen LogP contribution in [0.3, 0.4) is 0 Å². The Morgan fingerprint density at radius 2 is 1.94 bits per heavy atom. The van der Waals surface area contributed by atoms with Gasteiger partial charge in [0.25, 0.3) is 0 Å². The number of hydrogen-bond acceptors (Lipinski definition) is 6. The molecular weight excluding hydrogens is 438 g/mol. The number of benzene rings is 2. The van der Waals surface area contributed by atoms with Crippen LogP contribution >= 0.6 is 11.3 Å². The van der Waals surface area contributed by atoms with Crippen LogP contribution in [0.15, 0.2) is 66.2 Å². The van der Waals surface area contributed by atoms with E-state index in [-0.39, 0.29) is 12.4 Å². The molecule has 0 bridgehead atoms. The van der Waals surface area contributed by atoms with Crippen LogP contribution in [0, 0.1) is 12.3 Å². The highest BCUT2D eigenvalue weighted by Gasteiger charge is 2.20. The molecule has 2 aromatic heterocycles. The Hall–Kier alpha value is -4.42. The highest BCUT2D eigenvalue weighted by atomic mass is 32.1. The number of hydrazine groups is 1. The molecule has 33 heavy (non-hydrogen) atoms. The lowest BCUT2D eigenvalue weighted by Gasteiger charge is -2.22. The predicted octanol–water partition coefficient (Wildman–Crippen LogP) is 5.04. The summed E-state index contributed by atoms with van der Waals surface area (Å²) in [6.45, 7) is 1.83. The number of urea groups is 1. The van der Waals surface area contributed by atoms with E-state index >= 15 is 0 Å². The Bertz CT molecular complexity index is 1340. The fourth-order valence-electron chi connectivity index (χ4n) is 3.17. The second-order valence-corrected chi connectivity index (χ2v) is 7.57.